The maximum atomic E-state index is 4.35. The van der Waals surface area contributed by atoms with Crippen LogP contribution in [-0.4, -0.2) is 15.8 Å². The predicted molar refractivity (Wildman–Crippen MR) is 79.6 cm³/mol. The minimum absolute atomic E-state index is 0.736. The van der Waals surface area contributed by atoms with Crippen LogP contribution >= 0.6 is 0 Å². The van der Waals surface area contributed by atoms with E-state index in [1.54, 1.807) is 0 Å². The zero-order valence-electron chi connectivity index (χ0n) is 11.7. The van der Waals surface area contributed by atoms with Crippen molar-refractivity contribution in [1.82, 2.24) is 15.1 Å². The standard InChI is InChI=1S/C17H21N3/c1-2-5-17(20-9-3-8-19-20)15(4-1)12-18-16-11-13-6-7-14(16)10-13/h1-5,8-9,13-14,16,18H,6-7,10-12H2. The summed E-state index contributed by atoms with van der Waals surface area (Å²) < 4.78 is 1.96. The molecule has 1 N–H and O–H groups in total. The maximum absolute atomic E-state index is 4.35. The first-order valence-corrected chi connectivity index (χ1v) is 7.71. The lowest BCUT2D eigenvalue weighted by atomic mass is 9.95. The number of nitrogens with one attached hydrogen (secondary N) is 1. The van der Waals surface area contributed by atoms with E-state index in [0.29, 0.717) is 0 Å². The summed E-state index contributed by atoms with van der Waals surface area (Å²) >= 11 is 0. The van der Waals surface area contributed by atoms with Gasteiger partial charge >= 0.3 is 0 Å². The molecule has 3 nitrogen and oxygen atoms in total. The van der Waals surface area contributed by atoms with Gasteiger partial charge in [0, 0.05) is 25.0 Å². The summed E-state index contributed by atoms with van der Waals surface area (Å²) in [6, 6.07) is 11.3. The Morgan fingerprint density at radius 2 is 2.10 bits per heavy atom. The smallest absolute Gasteiger partial charge is 0.0690 e. The van der Waals surface area contributed by atoms with Crippen LogP contribution in [0.25, 0.3) is 5.69 Å². The average Bonchev–Trinajstić information content (AvgIpc) is 3.22. The highest BCUT2D eigenvalue weighted by atomic mass is 15.3. The maximum Gasteiger partial charge on any atom is 0.0690 e. The Morgan fingerprint density at radius 1 is 1.15 bits per heavy atom. The van der Waals surface area contributed by atoms with Crippen LogP contribution in [0, 0.1) is 11.8 Å². The third-order valence-electron chi connectivity index (χ3n) is 5.04. The van der Waals surface area contributed by atoms with Crippen LogP contribution in [0.15, 0.2) is 42.7 Å². The van der Waals surface area contributed by atoms with E-state index in [0.717, 1.165) is 24.4 Å². The lowest BCUT2D eigenvalue weighted by molar-refractivity contribution is 0.350. The molecule has 3 atom stereocenters. The van der Waals surface area contributed by atoms with Crippen molar-refractivity contribution in [3.63, 3.8) is 0 Å². The number of hydrogen-bond donors (Lipinski definition) is 1. The van der Waals surface area contributed by atoms with E-state index in [4.69, 9.17) is 0 Å². The molecule has 2 aliphatic carbocycles. The van der Waals surface area contributed by atoms with E-state index < -0.39 is 0 Å². The minimum atomic E-state index is 0.736. The molecule has 1 aromatic carbocycles. The van der Waals surface area contributed by atoms with Crippen molar-refractivity contribution in [2.45, 2.75) is 38.3 Å². The molecule has 3 unspecified atom stereocenters. The molecule has 0 amide bonds. The summed E-state index contributed by atoms with van der Waals surface area (Å²) in [5.41, 5.74) is 2.52. The molecular formula is C17H21N3. The molecule has 0 aliphatic heterocycles. The predicted octanol–water partition coefficient (Wildman–Crippen LogP) is 3.15. The molecule has 2 fully saturated rings. The van der Waals surface area contributed by atoms with Gasteiger partial charge in [0.05, 0.1) is 5.69 Å². The number of benzene rings is 1. The number of fused-ring (bicyclic) bond motifs is 2. The summed E-state index contributed by atoms with van der Waals surface area (Å²) in [5, 5.41) is 8.14. The van der Waals surface area contributed by atoms with Crippen LogP contribution in [0.4, 0.5) is 0 Å². The fourth-order valence-electron chi connectivity index (χ4n) is 4.03. The molecule has 0 radical (unpaired) electrons. The van der Waals surface area contributed by atoms with Gasteiger partial charge in [-0.25, -0.2) is 4.68 Å². The summed E-state index contributed by atoms with van der Waals surface area (Å²) in [4.78, 5) is 0. The van der Waals surface area contributed by atoms with Crippen molar-refractivity contribution < 1.29 is 0 Å². The molecule has 2 saturated carbocycles. The summed E-state index contributed by atoms with van der Waals surface area (Å²) in [6.07, 6.45) is 9.58. The van der Waals surface area contributed by atoms with E-state index in [1.807, 2.05) is 23.1 Å². The van der Waals surface area contributed by atoms with Crippen molar-refractivity contribution in [3.05, 3.63) is 48.3 Å². The second-order valence-electron chi connectivity index (χ2n) is 6.24. The van der Waals surface area contributed by atoms with Crippen molar-refractivity contribution in [2.75, 3.05) is 0 Å². The average molecular weight is 267 g/mol. The Labute approximate surface area is 120 Å². The van der Waals surface area contributed by atoms with E-state index in [-0.39, 0.29) is 0 Å². The third kappa shape index (κ3) is 2.16. The lowest BCUT2D eigenvalue weighted by Gasteiger charge is -2.23. The van der Waals surface area contributed by atoms with E-state index in [1.165, 1.54) is 36.9 Å². The first kappa shape index (κ1) is 12.2. The van der Waals surface area contributed by atoms with Crippen molar-refractivity contribution in [3.8, 4) is 5.69 Å². The molecule has 1 heterocycles. The van der Waals surface area contributed by atoms with E-state index >= 15 is 0 Å². The van der Waals surface area contributed by atoms with Crippen LogP contribution in [0.5, 0.6) is 0 Å². The Bertz CT molecular complexity index is 576. The number of rotatable bonds is 4. The molecule has 3 heteroatoms. The molecule has 0 saturated heterocycles. The minimum Gasteiger partial charge on any atom is -0.310 e. The molecular weight excluding hydrogens is 246 g/mol. The number of para-hydroxylation sites is 1. The zero-order valence-corrected chi connectivity index (χ0v) is 11.7. The highest BCUT2D eigenvalue weighted by Crippen LogP contribution is 2.44. The fraction of sp³-hybridized carbons (Fsp3) is 0.471. The zero-order chi connectivity index (χ0) is 13.4. The van der Waals surface area contributed by atoms with Gasteiger partial charge in [0.25, 0.3) is 0 Å². The largest absolute Gasteiger partial charge is 0.310 e. The molecule has 104 valence electrons. The second-order valence-corrected chi connectivity index (χ2v) is 6.24. The first-order chi connectivity index (χ1) is 9.90. The second kappa shape index (κ2) is 5.06. The molecule has 2 bridgehead atoms. The van der Waals surface area contributed by atoms with Gasteiger partial charge in [-0.05, 0) is 48.8 Å². The van der Waals surface area contributed by atoms with Gasteiger partial charge in [-0.1, -0.05) is 24.6 Å². The highest BCUT2D eigenvalue weighted by Gasteiger charge is 2.38. The number of nitrogens with zero attached hydrogens (tertiary/aromatic N) is 2. The van der Waals surface area contributed by atoms with Gasteiger partial charge in [-0.2, -0.15) is 5.10 Å². The van der Waals surface area contributed by atoms with Crippen molar-refractivity contribution in [1.29, 1.82) is 0 Å². The third-order valence-corrected chi connectivity index (χ3v) is 5.04. The van der Waals surface area contributed by atoms with Gasteiger partial charge in [-0.15, -0.1) is 0 Å². The van der Waals surface area contributed by atoms with Gasteiger partial charge in [0.2, 0.25) is 0 Å². The van der Waals surface area contributed by atoms with Gasteiger partial charge in [0.1, 0.15) is 0 Å². The molecule has 0 spiro atoms. The van der Waals surface area contributed by atoms with Crippen LogP contribution in [0.3, 0.4) is 0 Å². The summed E-state index contributed by atoms with van der Waals surface area (Å²) in [5.74, 6) is 1.93. The Morgan fingerprint density at radius 3 is 2.85 bits per heavy atom. The van der Waals surface area contributed by atoms with Crippen molar-refractivity contribution >= 4 is 0 Å². The highest BCUT2D eigenvalue weighted by molar-refractivity contribution is 5.40. The van der Waals surface area contributed by atoms with Gasteiger partial charge in [-0.3, -0.25) is 0 Å². The van der Waals surface area contributed by atoms with Gasteiger partial charge < -0.3 is 5.32 Å². The molecule has 4 rings (SSSR count). The Hall–Kier alpha value is -1.61. The molecule has 2 aliphatic rings. The SMILES string of the molecule is c1ccc(-n2cccn2)c(CNC2CC3CCC2C3)c1. The Kier molecular flexibility index (Phi) is 3.07. The van der Waals surface area contributed by atoms with Crippen LogP contribution in [0.1, 0.15) is 31.2 Å². The normalized spacial score (nSPS) is 28.1. The first-order valence-electron chi connectivity index (χ1n) is 7.71. The van der Waals surface area contributed by atoms with Crippen molar-refractivity contribution in [2.24, 2.45) is 11.8 Å². The molecule has 20 heavy (non-hydrogen) atoms. The van der Waals surface area contributed by atoms with Crippen LogP contribution in [0.2, 0.25) is 0 Å². The number of hydrogen-bond acceptors (Lipinski definition) is 2. The van der Waals surface area contributed by atoms with Crippen LogP contribution < -0.4 is 5.32 Å². The lowest BCUT2D eigenvalue weighted by Crippen LogP contribution is -2.33. The molecule has 1 aromatic heterocycles. The topological polar surface area (TPSA) is 29.9 Å². The van der Waals surface area contributed by atoms with Gasteiger partial charge in [0.15, 0.2) is 0 Å². The monoisotopic (exact) mass is 267 g/mol. The quantitative estimate of drug-likeness (QED) is 0.922. The van der Waals surface area contributed by atoms with Crippen LogP contribution in [-0.2, 0) is 6.54 Å². The fourth-order valence-corrected chi connectivity index (χ4v) is 4.03. The Balaban J connectivity index is 1.49. The summed E-state index contributed by atoms with van der Waals surface area (Å²) in [7, 11) is 0. The van der Waals surface area contributed by atoms with E-state index in [2.05, 4.69) is 34.7 Å². The summed E-state index contributed by atoms with van der Waals surface area (Å²) in [6.45, 7) is 0.948. The van der Waals surface area contributed by atoms with E-state index in [9.17, 15) is 0 Å². The number of aromatic nitrogens is 2. The molecule has 2 aromatic rings.